The van der Waals surface area contributed by atoms with E-state index in [1.165, 1.54) is 0 Å². The number of carbonyl (C=O) groups excluding carboxylic acids is 3. The summed E-state index contributed by atoms with van der Waals surface area (Å²) >= 11 is 0. The van der Waals surface area contributed by atoms with E-state index in [0.29, 0.717) is 12.2 Å². The van der Waals surface area contributed by atoms with Gasteiger partial charge in [0.05, 0.1) is 5.92 Å². The molecule has 1 aromatic rings. The molecule has 3 amide bonds. The van der Waals surface area contributed by atoms with E-state index in [2.05, 4.69) is 10.6 Å². The fourth-order valence-electron chi connectivity index (χ4n) is 3.23. The molecule has 1 saturated heterocycles. The van der Waals surface area contributed by atoms with Gasteiger partial charge >= 0.3 is 0 Å². The van der Waals surface area contributed by atoms with E-state index >= 15 is 0 Å². The van der Waals surface area contributed by atoms with Crippen LogP contribution in [0.4, 0.5) is 11.4 Å². The summed E-state index contributed by atoms with van der Waals surface area (Å²) in [6.07, 6.45) is 3.58. The van der Waals surface area contributed by atoms with E-state index < -0.39 is 0 Å². The van der Waals surface area contributed by atoms with Crippen LogP contribution in [0.3, 0.4) is 0 Å². The monoisotopic (exact) mass is 357 g/mol. The summed E-state index contributed by atoms with van der Waals surface area (Å²) in [5.41, 5.74) is 1.44. The van der Waals surface area contributed by atoms with Gasteiger partial charge in [0, 0.05) is 36.3 Å². The minimum Gasteiger partial charge on any atom is -0.342 e. The third-order valence-corrected chi connectivity index (χ3v) is 4.97. The number of piperidine rings is 1. The van der Waals surface area contributed by atoms with Gasteiger partial charge in [0.15, 0.2) is 0 Å². The topological polar surface area (TPSA) is 78.5 Å². The normalized spacial score (nSPS) is 20.0. The predicted molar refractivity (Wildman–Crippen MR) is 101 cm³/mol. The highest BCUT2D eigenvalue weighted by molar-refractivity contribution is 5.95. The van der Waals surface area contributed by atoms with Crippen LogP contribution >= 0.6 is 0 Å². The molecule has 2 fully saturated rings. The van der Waals surface area contributed by atoms with E-state index in [0.717, 1.165) is 37.9 Å². The average Bonchev–Trinajstić information content (AvgIpc) is 3.48. The van der Waals surface area contributed by atoms with Crippen LogP contribution in [-0.4, -0.2) is 35.7 Å². The maximum Gasteiger partial charge on any atom is 0.229 e. The summed E-state index contributed by atoms with van der Waals surface area (Å²) in [7, 11) is 0. The molecule has 1 unspecified atom stereocenters. The van der Waals surface area contributed by atoms with Crippen molar-refractivity contribution in [3.63, 3.8) is 0 Å². The Labute approximate surface area is 154 Å². The Kier molecular flexibility index (Phi) is 5.59. The maximum atomic E-state index is 12.5. The van der Waals surface area contributed by atoms with E-state index in [9.17, 15) is 14.4 Å². The second kappa shape index (κ2) is 7.89. The molecule has 1 aromatic carbocycles. The van der Waals surface area contributed by atoms with Gasteiger partial charge in [0.25, 0.3) is 0 Å². The number of carbonyl (C=O) groups is 3. The first-order chi connectivity index (χ1) is 12.4. The van der Waals surface area contributed by atoms with Gasteiger partial charge in [-0.3, -0.25) is 14.4 Å². The molecule has 1 heterocycles. The molecule has 1 aliphatic carbocycles. The average molecular weight is 357 g/mol. The van der Waals surface area contributed by atoms with Crippen molar-refractivity contribution in [3.8, 4) is 0 Å². The van der Waals surface area contributed by atoms with Crippen LogP contribution in [0.2, 0.25) is 0 Å². The zero-order valence-electron chi connectivity index (χ0n) is 15.5. The van der Waals surface area contributed by atoms with Crippen LogP contribution < -0.4 is 10.6 Å². The van der Waals surface area contributed by atoms with Crippen LogP contribution in [-0.2, 0) is 14.4 Å². The van der Waals surface area contributed by atoms with Gasteiger partial charge in [-0.25, -0.2) is 0 Å². The van der Waals surface area contributed by atoms with E-state index in [1.807, 2.05) is 13.8 Å². The van der Waals surface area contributed by atoms with Crippen molar-refractivity contribution in [1.82, 2.24) is 4.90 Å². The third-order valence-electron chi connectivity index (χ3n) is 4.97. The van der Waals surface area contributed by atoms with Gasteiger partial charge in [0.2, 0.25) is 17.7 Å². The van der Waals surface area contributed by atoms with Gasteiger partial charge < -0.3 is 15.5 Å². The molecule has 2 aliphatic rings. The van der Waals surface area contributed by atoms with Crippen molar-refractivity contribution >= 4 is 29.1 Å². The molecule has 0 spiro atoms. The number of likely N-dealkylation sites (tertiary alicyclic amines) is 1. The molecule has 6 heteroatoms. The molecule has 0 radical (unpaired) electrons. The number of nitrogens with zero attached hydrogens (tertiary/aromatic N) is 1. The van der Waals surface area contributed by atoms with E-state index in [-0.39, 0.29) is 35.5 Å². The summed E-state index contributed by atoms with van der Waals surface area (Å²) in [5.74, 6) is 0.0614. The molecule has 140 valence electrons. The van der Waals surface area contributed by atoms with Crippen LogP contribution in [0.5, 0.6) is 0 Å². The molecule has 3 rings (SSSR count). The zero-order chi connectivity index (χ0) is 18.7. The summed E-state index contributed by atoms with van der Waals surface area (Å²) in [5, 5.41) is 5.81. The van der Waals surface area contributed by atoms with Gasteiger partial charge in [-0.2, -0.15) is 0 Å². The van der Waals surface area contributed by atoms with E-state index in [4.69, 9.17) is 0 Å². The second-order valence-electron chi connectivity index (χ2n) is 7.61. The number of anilines is 2. The molecular weight excluding hydrogens is 330 g/mol. The molecule has 2 N–H and O–H groups in total. The lowest BCUT2D eigenvalue weighted by molar-refractivity contribution is -0.137. The molecule has 26 heavy (non-hydrogen) atoms. The molecule has 0 aromatic heterocycles. The predicted octanol–water partition coefficient (Wildman–Crippen LogP) is 2.87. The van der Waals surface area contributed by atoms with Crippen LogP contribution in [0.15, 0.2) is 24.3 Å². The first-order valence-corrected chi connectivity index (χ1v) is 9.44. The third kappa shape index (κ3) is 4.62. The van der Waals surface area contributed by atoms with Crippen molar-refractivity contribution in [2.75, 3.05) is 23.7 Å². The number of nitrogens with one attached hydrogen (secondary N) is 2. The fraction of sp³-hybridized carbons (Fsp3) is 0.550. The molecule has 1 atom stereocenters. The van der Waals surface area contributed by atoms with Crippen molar-refractivity contribution in [2.24, 2.45) is 17.8 Å². The number of rotatable bonds is 5. The zero-order valence-corrected chi connectivity index (χ0v) is 15.5. The maximum absolute atomic E-state index is 12.5. The Morgan fingerprint density at radius 3 is 1.96 bits per heavy atom. The van der Waals surface area contributed by atoms with Crippen molar-refractivity contribution < 1.29 is 14.4 Å². The lowest BCUT2D eigenvalue weighted by atomic mass is 9.96. The largest absolute Gasteiger partial charge is 0.342 e. The minimum absolute atomic E-state index is 0.0461. The van der Waals surface area contributed by atoms with Crippen LogP contribution in [0.25, 0.3) is 0 Å². The Morgan fingerprint density at radius 2 is 1.46 bits per heavy atom. The first-order valence-electron chi connectivity index (χ1n) is 9.44. The number of hydrogen-bond donors (Lipinski definition) is 2. The SMILES string of the molecule is CC(C)C(=O)N1CCCC(C(=O)Nc2ccc(NC(=O)C3CC3)cc2)C1. The summed E-state index contributed by atoms with van der Waals surface area (Å²) in [6.45, 7) is 4.99. The van der Waals surface area contributed by atoms with Gasteiger partial charge in [-0.1, -0.05) is 13.8 Å². The van der Waals surface area contributed by atoms with Crippen molar-refractivity contribution in [1.29, 1.82) is 0 Å². The lowest BCUT2D eigenvalue weighted by Crippen LogP contribution is -2.45. The van der Waals surface area contributed by atoms with Gasteiger partial charge in [0.1, 0.15) is 0 Å². The standard InChI is InChI=1S/C20H27N3O3/c1-13(2)20(26)23-11-3-4-15(12-23)19(25)22-17-9-7-16(8-10-17)21-18(24)14-5-6-14/h7-10,13-15H,3-6,11-12H2,1-2H3,(H,21,24)(H,22,25). The lowest BCUT2D eigenvalue weighted by Gasteiger charge is -2.33. The summed E-state index contributed by atoms with van der Waals surface area (Å²) in [4.78, 5) is 38.3. The molecular formula is C20H27N3O3. The number of benzene rings is 1. The summed E-state index contributed by atoms with van der Waals surface area (Å²) < 4.78 is 0. The van der Waals surface area contributed by atoms with E-state index in [1.54, 1.807) is 29.2 Å². The highest BCUT2D eigenvalue weighted by atomic mass is 16.2. The quantitative estimate of drug-likeness (QED) is 0.850. The molecule has 6 nitrogen and oxygen atoms in total. The number of amides is 3. The van der Waals surface area contributed by atoms with Crippen LogP contribution in [0, 0.1) is 17.8 Å². The smallest absolute Gasteiger partial charge is 0.229 e. The van der Waals surface area contributed by atoms with Crippen molar-refractivity contribution in [2.45, 2.75) is 39.5 Å². The summed E-state index contributed by atoms with van der Waals surface area (Å²) in [6, 6.07) is 7.18. The number of hydrogen-bond acceptors (Lipinski definition) is 3. The fourth-order valence-corrected chi connectivity index (χ4v) is 3.23. The minimum atomic E-state index is -0.180. The Bertz CT molecular complexity index is 680. The van der Waals surface area contributed by atoms with Crippen LogP contribution in [0.1, 0.15) is 39.5 Å². The Balaban J connectivity index is 1.53. The Morgan fingerprint density at radius 1 is 0.923 bits per heavy atom. The first kappa shape index (κ1) is 18.4. The van der Waals surface area contributed by atoms with Crippen molar-refractivity contribution in [3.05, 3.63) is 24.3 Å². The van der Waals surface area contributed by atoms with Gasteiger partial charge in [-0.15, -0.1) is 0 Å². The molecule has 0 bridgehead atoms. The second-order valence-corrected chi connectivity index (χ2v) is 7.61. The highest BCUT2D eigenvalue weighted by Gasteiger charge is 2.30. The molecule has 1 saturated carbocycles. The van der Waals surface area contributed by atoms with Gasteiger partial charge in [-0.05, 0) is 49.9 Å². The Hall–Kier alpha value is -2.37. The molecule has 1 aliphatic heterocycles. The highest BCUT2D eigenvalue weighted by Crippen LogP contribution is 2.30.